The molecular formula is C21H40O3. The van der Waals surface area contributed by atoms with Gasteiger partial charge in [-0.2, -0.15) is 0 Å². The maximum absolute atomic E-state index is 10.5. The highest BCUT2D eigenvalue weighted by Crippen LogP contribution is 2.13. The normalized spacial score (nSPS) is 10.9. The van der Waals surface area contributed by atoms with E-state index in [9.17, 15) is 4.79 Å². The van der Waals surface area contributed by atoms with E-state index in [2.05, 4.69) is 13.5 Å². The van der Waals surface area contributed by atoms with Crippen LogP contribution in [-0.2, 0) is 9.53 Å². The monoisotopic (exact) mass is 340 g/mol. The van der Waals surface area contributed by atoms with Crippen LogP contribution in [0.5, 0.6) is 0 Å². The molecule has 0 heterocycles. The van der Waals surface area contributed by atoms with Crippen molar-refractivity contribution in [3.63, 3.8) is 0 Å². The van der Waals surface area contributed by atoms with Gasteiger partial charge in [0.25, 0.3) is 0 Å². The lowest BCUT2D eigenvalue weighted by Gasteiger charge is -2.05. The predicted octanol–water partition coefficient (Wildman–Crippen LogP) is 6.52. The van der Waals surface area contributed by atoms with Gasteiger partial charge in [-0.3, -0.25) is 0 Å². The summed E-state index contributed by atoms with van der Waals surface area (Å²) in [7, 11) is 0. The van der Waals surface area contributed by atoms with E-state index in [0.717, 1.165) is 13.0 Å². The van der Waals surface area contributed by atoms with Gasteiger partial charge in [-0.1, -0.05) is 97.0 Å². The van der Waals surface area contributed by atoms with Crippen LogP contribution < -0.4 is 0 Å². The molecule has 3 nitrogen and oxygen atoms in total. The first-order chi connectivity index (χ1) is 11.7. The quantitative estimate of drug-likeness (QED) is 0.215. The van der Waals surface area contributed by atoms with Crippen LogP contribution in [0.4, 0.5) is 0 Å². The van der Waals surface area contributed by atoms with E-state index in [4.69, 9.17) is 9.84 Å². The minimum atomic E-state index is -0.921. The van der Waals surface area contributed by atoms with Gasteiger partial charge in [-0.25, -0.2) is 4.79 Å². The zero-order valence-electron chi connectivity index (χ0n) is 16.0. The molecule has 0 unspecified atom stereocenters. The number of carboxylic acids is 1. The SMILES string of the molecule is C=C(CCOCCCCCCCCCCCCCCCC)C(=O)O. The van der Waals surface area contributed by atoms with Gasteiger partial charge >= 0.3 is 5.97 Å². The summed E-state index contributed by atoms with van der Waals surface area (Å²) in [4.78, 5) is 10.5. The van der Waals surface area contributed by atoms with Gasteiger partial charge in [0, 0.05) is 18.6 Å². The molecule has 0 rings (SSSR count). The lowest BCUT2D eigenvalue weighted by Crippen LogP contribution is -2.04. The first-order valence-corrected chi connectivity index (χ1v) is 10.2. The fourth-order valence-electron chi connectivity index (χ4n) is 2.80. The zero-order chi connectivity index (χ0) is 17.9. The van der Waals surface area contributed by atoms with Crippen LogP contribution in [0, 0.1) is 0 Å². The molecule has 0 aliphatic carbocycles. The Morgan fingerprint density at radius 3 is 1.58 bits per heavy atom. The summed E-state index contributed by atoms with van der Waals surface area (Å²) >= 11 is 0. The zero-order valence-corrected chi connectivity index (χ0v) is 16.0. The summed E-state index contributed by atoms with van der Waals surface area (Å²) in [6.45, 7) is 6.97. The third-order valence-corrected chi connectivity index (χ3v) is 4.49. The molecule has 0 spiro atoms. The van der Waals surface area contributed by atoms with E-state index in [-0.39, 0.29) is 5.57 Å². The van der Waals surface area contributed by atoms with Crippen molar-refractivity contribution in [1.29, 1.82) is 0 Å². The molecule has 0 aliphatic heterocycles. The molecule has 0 fully saturated rings. The number of ether oxygens (including phenoxy) is 1. The highest BCUT2D eigenvalue weighted by Gasteiger charge is 2.02. The predicted molar refractivity (Wildman–Crippen MR) is 103 cm³/mol. The second kappa shape index (κ2) is 18.5. The van der Waals surface area contributed by atoms with E-state index in [1.807, 2.05) is 0 Å². The number of unbranched alkanes of at least 4 members (excludes halogenated alkanes) is 13. The molecule has 0 saturated carbocycles. The molecule has 0 atom stereocenters. The Bertz CT molecular complexity index is 299. The number of hydrogen-bond donors (Lipinski definition) is 1. The molecule has 0 saturated heterocycles. The minimum absolute atomic E-state index is 0.232. The van der Waals surface area contributed by atoms with Crippen LogP contribution >= 0.6 is 0 Å². The van der Waals surface area contributed by atoms with Crippen molar-refractivity contribution in [2.75, 3.05) is 13.2 Å². The first kappa shape index (κ1) is 23.2. The second-order valence-corrected chi connectivity index (χ2v) is 6.87. The summed E-state index contributed by atoms with van der Waals surface area (Å²) in [5.41, 5.74) is 0.232. The molecule has 1 N–H and O–H groups in total. The first-order valence-electron chi connectivity index (χ1n) is 10.2. The van der Waals surface area contributed by atoms with Crippen molar-refractivity contribution in [2.45, 2.75) is 103 Å². The minimum Gasteiger partial charge on any atom is -0.478 e. The van der Waals surface area contributed by atoms with Crippen molar-refractivity contribution in [1.82, 2.24) is 0 Å². The van der Waals surface area contributed by atoms with Crippen LogP contribution in [-0.4, -0.2) is 24.3 Å². The molecule has 0 amide bonds. The number of carbonyl (C=O) groups is 1. The van der Waals surface area contributed by atoms with E-state index in [0.29, 0.717) is 13.0 Å². The van der Waals surface area contributed by atoms with Gasteiger partial charge in [0.2, 0.25) is 0 Å². The van der Waals surface area contributed by atoms with Gasteiger partial charge in [-0.05, 0) is 6.42 Å². The Morgan fingerprint density at radius 2 is 1.17 bits per heavy atom. The molecule has 0 aromatic heterocycles. The van der Waals surface area contributed by atoms with E-state index >= 15 is 0 Å². The second-order valence-electron chi connectivity index (χ2n) is 6.87. The third kappa shape index (κ3) is 17.5. The fourth-order valence-corrected chi connectivity index (χ4v) is 2.80. The fraction of sp³-hybridized carbons (Fsp3) is 0.857. The Labute approximate surface area is 149 Å². The summed E-state index contributed by atoms with van der Waals surface area (Å²) in [6, 6.07) is 0. The molecule has 0 bridgehead atoms. The summed E-state index contributed by atoms with van der Waals surface area (Å²) in [5, 5.41) is 8.66. The lowest BCUT2D eigenvalue weighted by atomic mass is 10.0. The van der Waals surface area contributed by atoms with Crippen molar-refractivity contribution >= 4 is 5.97 Å². The topological polar surface area (TPSA) is 46.5 Å². The molecule has 0 aromatic rings. The maximum atomic E-state index is 10.5. The third-order valence-electron chi connectivity index (χ3n) is 4.49. The Balaban J connectivity index is 3.05. The van der Waals surface area contributed by atoms with Crippen LogP contribution in [0.15, 0.2) is 12.2 Å². The van der Waals surface area contributed by atoms with Crippen molar-refractivity contribution in [3.05, 3.63) is 12.2 Å². The van der Waals surface area contributed by atoms with Crippen molar-refractivity contribution in [2.24, 2.45) is 0 Å². The maximum Gasteiger partial charge on any atom is 0.331 e. The molecule has 0 aromatic carbocycles. The smallest absolute Gasteiger partial charge is 0.331 e. The molecule has 3 heteroatoms. The summed E-state index contributed by atoms with van der Waals surface area (Å²) in [6.07, 6.45) is 19.4. The summed E-state index contributed by atoms with van der Waals surface area (Å²) in [5.74, 6) is -0.921. The lowest BCUT2D eigenvalue weighted by molar-refractivity contribution is -0.132. The highest BCUT2D eigenvalue weighted by molar-refractivity contribution is 5.85. The molecule has 142 valence electrons. The van der Waals surface area contributed by atoms with Crippen LogP contribution in [0.1, 0.15) is 103 Å². The van der Waals surface area contributed by atoms with Gasteiger partial charge in [0.15, 0.2) is 0 Å². The van der Waals surface area contributed by atoms with Gasteiger partial charge in [0.05, 0.1) is 6.61 Å². The van der Waals surface area contributed by atoms with E-state index in [1.54, 1.807) is 0 Å². The number of carboxylic acid groups (broad SMARTS) is 1. The average Bonchev–Trinajstić information content (AvgIpc) is 2.57. The molecule has 0 radical (unpaired) electrons. The Kier molecular flexibility index (Phi) is 17.9. The number of hydrogen-bond acceptors (Lipinski definition) is 2. The van der Waals surface area contributed by atoms with Crippen LogP contribution in [0.25, 0.3) is 0 Å². The average molecular weight is 341 g/mol. The number of rotatable bonds is 19. The molecule has 24 heavy (non-hydrogen) atoms. The van der Waals surface area contributed by atoms with Crippen LogP contribution in [0.3, 0.4) is 0 Å². The highest BCUT2D eigenvalue weighted by atomic mass is 16.5. The number of aliphatic carboxylic acids is 1. The summed E-state index contributed by atoms with van der Waals surface area (Å²) < 4.78 is 5.44. The van der Waals surface area contributed by atoms with Crippen molar-refractivity contribution < 1.29 is 14.6 Å². The Morgan fingerprint density at radius 1 is 0.750 bits per heavy atom. The largest absolute Gasteiger partial charge is 0.478 e. The van der Waals surface area contributed by atoms with Crippen LogP contribution in [0.2, 0.25) is 0 Å². The van der Waals surface area contributed by atoms with Gasteiger partial charge in [0.1, 0.15) is 0 Å². The van der Waals surface area contributed by atoms with Crippen molar-refractivity contribution in [3.8, 4) is 0 Å². The molecule has 0 aliphatic rings. The van der Waals surface area contributed by atoms with E-state index in [1.165, 1.54) is 83.5 Å². The van der Waals surface area contributed by atoms with Gasteiger partial charge in [-0.15, -0.1) is 0 Å². The standard InChI is InChI=1S/C21H40O3/c1-3-4-5-6-7-8-9-10-11-12-13-14-15-16-18-24-19-17-20(2)21(22)23/h2-19H2,1H3,(H,22,23). The van der Waals surface area contributed by atoms with E-state index < -0.39 is 5.97 Å². The van der Waals surface area contributed by atoms with Gasteiger partial charge < -0.3 is 9.84 Å². The Hall–Kier alpha value is -0.830. The molecular weight excluding hydrogens is 300 g/mol.